The molecule has 4 aromatic rings. The lowest BCUT2D eigenvalue weighted by molar-refractivity contribution is -0.132. The van der Waals surface area contributed by atoms with Crippen LogP contribution in [0.25, 0.3) is 10.8 Å². The van der Waals surface area contributed by atoms with Crippen LogP contribution in [0.4, 0.5) is 0 Å². The molecule has 1 aliphatic heterocycles. The molecule has 0 saturated carbocycles. The summed E-state index contributed by atoms with van der Waals surface area (Å²) in [6.07, 6.45) is 4.60. The first-order valence-electron chi connectivity index (χ1n) is 11.6. The summed E-state index contributed by atoms with van der Waals surface area (Å²) in [5.41, 5.74) is 3.30. The number of nitrogens with zero attached hydrogens (tertiary/aromatic N) is 2. The van der Waals surface area contributed by atoms with E-state index >= 15 is 0 Å². The average molecular weight is 437 g/mol. The van der Waals surface area contributed by atoms with Gasteiger partial charge in [-0.15, -0.1) is 0 Å². The summed E-state index contributed by atoms with van der Waals surface area (Å²) in [4.78, 5) is 20.1. The van der Waals surface area contributed by atoms with E-state index in [-0.39, 0.29) is 17.7 Å². The van der Waals surface area contributed by atoms with Crippen molar-refractivity contribution < 1.29 is 9.53 Å². The minimum absolute atomic E-state index is 0.144. The maximum atomic E-state index is 13.9. The number of benzene rings is 3. The van der Waals surface area contributed by atoms with Crippen LogP contribution in [-0.4, -0.2) is 42.1 Å². The fraction of sp³-hybridized carbons (Fsp3) is 0.241. The van der Waals surface area contributed by atoms with Gasteiger partial charge in [-0.3, -0.25) is 9.78 Å². The molecule has 0 bridgehead atoms. The molecule has 5 rings (SSSR count). The summed E-state index contributed by atoms with van der Waals surface area (Å²) >= 11 is 0. The van der Waals surface area contributed by atoms with Gasteiger partial charge in [0.15, 0.2) is 0 Å². The van der Waals surface area contributed by atoms with Crippen LogP contribution in [0.3, 0.4) is 0 Å². The molecule has 0 spiro atoms. The van der Waals surface area contributed by atoms with Gasteiger partial charge in [-0.2, -0.15) is 0 Å². The van der Waals surface area contributed by atoms with Crippen molar-refractivity contribution in [3.8, 4) is 0 Å². The highest BCUT2D eigenvalue weighted by Crippen LogP contribution is 2.28. The van der Waals surface area contributed by atoms with Crippen LogP contribution in [0, 0.1) is 5.92 Å². The summed E-state index contributed by atoms with van der Waals surface area (Å²) in [7, 11) is 0. The Morgan fingerprint density at radius 3 is 2.39 bits per heavy atom. The van der Waals surface area contributed by atoms with E-state index in [4.69, 9.17) is 4.74 Å². The van der Waals surface area contributed by atoms with Crippen LogP contribution in [-0.2, 0) is 16.0 Å². The number of amides is 1. The monoisotopic (exact) mass is 436 g/mol. The van der Waals surface area contributed by atoms with Gasteiger partial charge in [0.1, 0.15) is 0 Å². The number of carbonyl (C=O) groups is 1. The van der Waals surface area contributed by atoms with Gasteiger partial charge < -0.3 is 9.64 Å². The first kappa shape index (κ1) is 21.4. The summed E-state index contributed by atoms with van der Waals surface area (Å²) in [6, 6.07) is 28.7. The van der Waals surface area contributed by atoms with Crippen LogP contribution in [0.5, 0.6) is 0 Å². The fourth-order valence-electron chi connectivity index (χ4n) is 4.75. The zero-order chi connectivity index (χ0) is 22.5. The van der Waals surface area contributed by atoms with Gasteiger partial charge in [-0.25, -0.2) is 0 Å². The lowest BCUT2D eigenvalue weighted by Crippen LogP contribution is -2.39. The molecule has 2 heterocycles. The van der Waals surface area contributed by atoms with Gasteiger partial charge in [-0.1, -0.05) is 72.8 Å². The molecule has 0 unspecified atom stereocenters. The number of hydrogen-bond donors (Lipinski definition) is 0. The van der Waals surface area contributed by atoms with E-state index in [0.29, 0.717) is 26.3 Å². The summed E-state index contributed by atoms with van der Waals surface area (Å²) in [5, 5.41) is 2.34. The van der Waals surface area contributed by atoms with Gasteiger partial charge in [0.05, 0.1) is 19.1 Å². The Hall–Kier alpha value is -3.50. The van der Waals surface area contributed by atoms with E-state index in [1.165, 1.54) is 10.9 Å². The Kier molecular flexibility index (Phi) is 6.45. The highest BCUT2D eigenvalue weighted by atomic mass is 16.5. The molecule has 1 atom stereocenters. The van der Waals surface area contributed by atoms with Crippen LogP contribution in [0.1, 0.15) is 22.6 Å². The number of ether oxygens (including phenoxy) is 1. The van der Waals surface area contributed by atoms with Crippen LogP contribution in [0.15, 0.2) is 97.3 Å². The van der Waals surface area contributed by atoms with Crippen molar-refractivity contribution in [1.82, 2.24) is 9.88 Å². The average Bonchev–Trinajstić information content (AvgIpc) is 3.11. The fourth-order valence-corrected chi connectivity index (χ4v) is 4.75. The maximum Gasteiger partial charge on any atom is 0.234 e. The maximum absolute atomic E-state index is 13.9. The molecule has 0 aliphatic carbocycles. The van der Waals surface area contributed by atoms with Crippen molar-refractivity contribution in [2.24, 2.45) is 5.92 Å². The van der Waals surface area contributed by atoms with Crippen molar-refractivity contribution >= 4 is 16.7 Å². The van der Waals surface area contributed by atoms with Crippen LogP contribution < -0.4 is 0 Å². The number of fused-ring (bicyclic) bond motifs is 1. The smallest absolute Gasteiger partial charge is 0.234 e. The number of rotatable bonds is 5. The SMILES string of the molecule is O=C(C(c1ccccc1)c1ccccc1)N1CCOC[C@H](Cc2ccc3ccncc3c2)C1. The molecular weight excluding hydrogens is 408 g/mol. The minimum atomic E-state index is -0.308. The molecular formula is C29H28N2O2. The van der Waals surface area contributed by atoms with Crippen molar-refractivity contribution in [2.45, 2.75) is 12.3 Å². The Labute approximate surface area is 194 Å². The molecule has 0 radical (unpaired) electrons. The molecule has 33 heavy (non-hydrogen) atoms. The summed E-state index contributed by atoms with van der Waals surface area (Å²) < 4.78 is 5.93. The molecule has 3 aromatic carbocycles. The van der Waals surface area contributed by atoms with Crippen molar-refractivity contribution in [2.75, 3.05) is 26.3 Å². The van der Waals surface area contributed by atoms with E-state index in [0.717, 1.165) is 22.9 Å². The second-order valence-electron chi connectivity index (χ2n) is 8.74. The summed E-state index contributed by atoms with van der Waals surface area (Å²) in [6.45, 7) is 2.55. The van der Waals surface area contributed by atoms with E-state index < -0.39 is 0 Å². The van der Waals surface area contributed by atoms with Gasteiger partial charge >= 0.3 is 0 Å². The highest BCUT2D eigenvalue weighted by molar-refractivity contribution is 5.87. The van der Waals surface area contributed by atoms with E-state index in [9.17, 15) is 4.79 Å². The third kappa shape index (κ3) is 4.96. The topological polar surface area (TPSA) is 42.4 Å². The van der Waals surface area contributed by atoms with Gasteiger partial charge in [0.2, 0.25) is 5.91 Å². The Bertz CT molecular complexity index is 1170. The number of carbonyl (C=O) groups excluding carboxylic acids is 1. The third-order valence-corrected chi connectivity index (χ3v) is 6.39. The Morgan fingerprint density at radius 2 is 1.67 bits per heavy atom. The molecule has 1 amide bonds. The van der Waals surface area contributed by atoms with Gasteiger partial charge in [0, 0.05) is 36.8 Å². The standard InChI is InChI=1S/C29H28N2O2/c32-29(28(25-7-3-1-4-8-25)26-9-5-2-6-10-26)31-15-16-33-21-23(20-31)17-22-11-12-24-13-14-30-19-27(24)18-22/h1-14,18-19,23,28H,15-17,20-21H2/t23-/m1/s1. The molecule has 0 N–H and O–H groups in total. The molecule has 1 fully saturated rings. The molecule has 1 aromatic heterocycles. The Morgan fingerprint density at radius 1 is 0.939 bits per heavy atom. The minimum Gasteiger partial charge on any atom is -0.379 e. The third-order valence-electron chi connectivity index (χ3n) is 6.39. The molecule has 166 valence electrons. The molecule has 4 heteroatoms. The first-order chi connectivity index (χ1) is 16.3. The van der Waals surface area contributed by atoms with E-state index in [2.05, 4.69) is 23.2 Å². The molecule has 4 nitrogen and oxygen atoms in total. The van der Waals surface area contributed by atoms with Gasteiger partial charge in [0.25, 0.3) is 0 Å². The number of hydrogen-bond acceptors (Lipinski definition) is 3. The predicted molar refractivity (Wildman–Crippen MR) is 131 cm³/mol. The van der Waals surface area contributed by atoms with Crippen molar-refractivity contribution in [3.63, 3.8) is 0 Å². The number of aromatic nitrogens is 1. The normalized spacial score (nSPS) is 16.6. The largest absolute Gasteiger partial charge is 0.379 e. The van der Waals surface area contributed by atoms with Crippen LogP contribution in [0.2, 0.25) is 0 Å². The Balaban J connectivity index is 1.38. The predicted octanol–water partition coefficient (Wildman–Crippen LogP) is 5.08. The first-order valence-corrected chi connectivity index (χ1v) is 11.6. The summed E-state index contributed by atoms with van der Waals surface area (Å²) in [5.74, 6) is 0.0845. The quantitative estimate of drug-likeness (QED) is 0.438. The van der Waals surface area contributed by atoms with Gasteiger partial charge in [-0.05, 0) is 40.6 Å². The number of pyridine rings is 1. The van der Waals surface area contributed by atoms with E-state index in [1.807, 2.05) is 84.0 Å². The molecule has 1 aliphatic rings. The van der Waals surface area contributed by atoms with Crippen molar-refractivity contribution in [3.05, 3.63) is 114 Å². The second-order valence-corrected chi connectivity index (χ2v) is 8.74. The van der Waals surface area contributed by atoms with Crippen LogP contribution >= 0.6 is 0 Å². The lowest BCUT2D eigenvalue weighted by atomic mass is 9.89. The highest BCUT2D eigenvalue weighted by Gasteiger charge is 2.30. The zero-order valence-corrected chi connectivity index (χ0v) is 18.6. The second kappa shape index (κ2) is 9.97. The molecule has 1 saturated heterocycles. The zero-order valence-electron chi connectivity index (χ0n) is 18.6. The van der Waals surface area contributed by atoms with Crippen molar-refractivity contribution in [1.29, 1.82) is 0 Å². The van der Waals surface area contributed by atoms with E-state index in [1.54, 1.807) is 0 Å². The lowest BCUT2D eigenvalue weighted by Gasteiger charge is -2.28.